The van der Waals surface area contributed by atoms with Gasteiger partial charge in [-0.05, 0) is 49.4 Å². The Morgan fingerprint density at radius 3 is 2.69 bits per heavy atom. The predicted molar refractivity (Wildman–Crippen MR) is 60.6 cm³/mol. The molecule has 0 heterocycles. The molecule has 1 aliphatic rings. The Morgan fingerprint density at radius 2 is 2.19 bits per heavy atom. The van der Waals surface area contributed by atoms with Crippen LogP contribution in [0.25, 0.3) is 0 Å². The summed E-state index contributed by atoms with van der Waals surface area (Å²) in [4.78, 5) is 11.9. The van der Waals surface area contributed by atoms with Crippen molar-refractivity contribution in [2.75, 3.05) is 0 Å². The fraction of sp³-hybridized carbons (Fsp3) is 0.462. The highest BCUT2D eigenvalue weighted by Gasteiger charge is 2.39. The number of Topliss-reactive ketones (excluding diaryl/α,β-unsaturated/α-hetero) is 1. The van der Waals surface area contributed by atoms with Gasteiger partial charge in [0.05, 0.1) is 5.54 Å². The number of rotatable bonds is 3. The van der Waals surface area contributed by atoms with Crippen molar-refractivity contribution in [3.63, 3.8) is 0 Å². The van der Waals surface area contributed by atoms with Crippen LogP contribution in [-0.2, 0) is 11.2 Å². The van der Waals surface area contributed by atoms with E-state index < -0.39 is 5.54 Å². The first-order valence-corrected chi connectivity index (χ1v) is 5.58. The van der Waals surface area contributed by atoms with Gasteiger partial charge >= 0.3 is 0 Å². The fourth-order valence-electron chi connectivity index (χ4n) is 2.04. The number of carbonyl (C=O) groups is 1. The summed E-state index contributed by atoms with van der Waals surface area (Å²) in [6.07, 6.45) is 2.92. The molecule has 1 saturated carbocycles. The molecule has 0 spiro atoms. The number of ketones is 1. The van der Waals surface area contributed by atoms with Crippen LogP contribution in [0, 0.1) is 12.7 Å². The Morgan fingerprint density at radius 1 is 1.50 bits per heavy atom. The van der Waals surface area contributed by atoms with Gasteiger partial charge < -0.3 is 5.73 Å². The summed E-state index contributed by atoms with van der Waals surface area (Å²) in [5, 5.41) is 0. The number of benzene rings is 1. The molecular formula is C13H16FNO. The number of halogens is 1. The van der Waals surface area contributed by atoms with Gasteiger partial charge in [0, 0.05) is 6.42 Å². The molecule has 0 aromatic heterocycles. The standard InChI is InChI=1S/C13H16FNO/c1-9-7-11(14)4-3-10(9)8-12(16)13(15)5-2-6-13/h3-4,7H,2,5-6,8,15H2,1H3. The molecule has 0 amide bonds. The third-order valence-corrected chi connectivity index (χ3v) is 3.46. The summed E-state index contributed by atoms with van der Waals surface area (Å²) in [6, 6.07) is 4.51. The molecule has 1 fully saturated rings. The van der Waals surface area contributed by atoms with E-state index in [1.165, 1.54) is 12.1 Å². The number of nitrogens with two attached hydrogens (primary N) is 1. The highest BCUT2D eigenvalue weighted by molar-refractivity contribution is 5.91. The minimum absolute atomic E-state index is 0.0773. The molecule has 2 N–H and O–H groups in total. The van der Waals surface area contributed by atoms with Crippen molar-refractivity contribution in [3.8, 4) is 0 Å². The summed E-state index contributed by atoms with van der Waals surface area (Å²) in [7, 11) is 0. The van der Waals surface area contributed by atoms with Crippen LogP contribution in [0.4, 0.5) is 4.39 Å². The van der Waals surface area contributed by atoms with Gasteiger partial charge in [-0.15, -0.1) is 0 Å². The van der Waals surface area contributed by atoms with Crippen molar-refractivity contribution in [1.82, 2.24) is 0 Å². The topological polar surface area (TPSA) is 43.1 Å². The number of carbonyl (C=O) groups excluding carboxylic acids is 1. The lowest BCUT2D eigenvalue weighted by molar-refractivity contribution is -0.126. The zero-order chi connectivity index (χ0) is 11.8. The lowest BCUT2D eigenvalue weighted by atomic mass is 9.73. The molecule has 2 nitrogen and oxygen atoms in total. The zero-order valence-electron chi connectivity index (χ0n) is 9.42. The summed E-state index contributed by atoms with van der Waals surface area (Å²) >= 11 is 0. The SMILES string of the molecule is Cc1cc(F)ccc1CC(=O)C1(N)CCC1. The lowest BCUT2D eigenvalue weighted by Gasteiger charge is -2.36. The normalized spacial score (nSPS) is 17.9. The Labute approximate surface area is 94.6 Å². The molecule has 0 aliphatic heterocycles. The summed E-state index contributed by atoms with van der Waals surface area (Å²) < 4.78 is 12.9. The number of aryl methyl sites for hydroxylation is 1. The smallest absolute Gasteiger partial charge is 0.157 e. The van der Waals surface area contributed by atoms with Gasteiger partial charge in [0.2, 0.25) is 0 Å². The van der Waals surface area contributed by atoms with Crippen LogP contribution in [0.1, 0.15) is 30.4 Å². The molecule has 1 aliphatic carbocycles. The third-order valence-electron chi connectivity index (χ3n) is 3.46. The second-order valence-electron chi connectivity index (χ2n) is 4.68. The minimum Gasteiger partial charge on any atom is -0.319 e. The van der Waals surface area contributed by atoms with E-state index in [-0.39, 0.29) is 11.6 Å². The third kappa shape index (κ3) is 2.00. The fourth-order valence-corrected chi connectivity index (χ4v) is 2.04. The quantitative estimate of drug-likeness (QED) is 0.849. The van der Waals surface area contributed by atoms with E-state index in [0.717, 1.165) is 30.4 Å². The van der Waals surface area contributed by atoms with Gasteiger partial charge in [-0.3, -0.25) is 4.79 Å². The lowest BCUT2D eigenvalue weighted by Crippen LogP contribution is -2.54. The van der Waals surface area contributed by atoms with E-state index in [0.29, 0.717) is 6.42 Å². The van der Waals surface area contributed by atoms with Crippen molar-refractivity contribution >= 4 is 5.78 Å². The monoisotopic (exact) mass is 221 g/mol. The minimum atomic E-state index is -0.610. The van der Waals surface area contributed by atoms with Gasteiger partial charge in [0.15, 0.2) is 5.78 Å². The highest BCUT2D eigenvalue weighted by Crippen LogP contribution is 2.31. The molecule has 16 heavy (non-hydrogen) atoms. The van der Waals surface area contributed by atoms with Crippen molar-refractivity contribution in [2.45, 2.75) is 38.1 Å². The molecule has 2 rings (SSSR count). The van der Waals surface area contributed by atoms with Crippen LogP contribution in [0.15, 0.2) is 18.2 Å². The molecule has 0 bridgehead atoms. The van der Waals surface area contributed by atoms with Crippen LogP contribution in [0.5, 0.6) is 0 Å². The van der Waals surface area contributed by atoms with Crippen LogP contribution >= 0.6 is 0 Å². The van der Waals surface area contributed by atoms with Gasteiger partial charge in [0.25, 0.3) is 0 Å². The zero-order valence-corrected chi connectivity index (χ0v) is 9.42. The van der Waals surface area contributed by atoms with Crippen molar-refractivity contribution in [3.05, 3.63) is 35.1 Å². The highest BCUT2D eigenvalue weighted by atomic mass is 19.1. The van der Waals surface area contributed by atoms with E-state index in [1.54, 1.807) is 6.07 Å². The van der Waals surface area contributed by atoms with E-state index >= 15 is 0 Å². The van der Waals surface area contributed by atoms with Gasteiger partial charge in [-0.1, -0.05) is 6.07 Å². The molecule has 3 heteroatoms. The largest absolute Gasteiger partial charge is 0.319 e. The Balaban J connectivity index is 2.12. The van der Waals surface area contributed by atoms with Crippen molar-refractivity contribution in [2.24, 2.45) is 5.73 Å². The average molecular weight is 221 g/mol. The summed E-state index contributed by atoms with van der Waals surface area (Å²) in [6.45, 7) is 1.82. The van der Waals surface area contributed by atoms with Crippen molar-refractivity contribution < 1.29 is 9.18 Å². The molecule has 1 aromatic rings. The Kier molecular flexibility index (Phi) is 2.80. The Bertz CT molecular complexity index is 424. The average Bonchev–Trinajstić information content (AvgIpc) is 2.18. The maximum Gasteiger partial charge on any atom is 0.157 e. The first-order valence-electron chi connectivity index (χ1n) is 5.58. The maximum atomic E-state index is 12.9. The second kappa shape index (κ2) is 3.98. The molecular weight excluding hydrogens is 205 g/mol. The van der Waals surface area contributed by atoms with Crippen LogP contribution < -0.4 is 5.73 Å². The van der Waals surface area contributed by atoms with Crippen LogP contribution in [-0.4, -0.2) is 11.3 Å². The molecule has 0 unspecified atom stereocenters. The molecule has 1 aromatic carbocycles. The summed E-state index contributed by atoms with van der Waals surface area (Å²) in [5.74, 6) is -0.187. The first kappa shape index (κ1) is 11.3. The van der Waals surface area contributed by atoms with E-state index in [2.05, 4.69) is 0 Å². The van der Waals surface area contributed by atoms with Gasteiger partial charge in [0.1, 0.15) is 5.82 Å². The van der Waals surface area contributed by atoms with Crippen LogP contribution in [0.2, 0.25) is 0 Å². The first-order chi connectivity index (χ1) is 7.51. The van der Waals surface area contributed by atoms with Gasteiger partial charge in [-0.25, -0.2) is 4.39 Å². The second-order valence-corrected chi connectivity index (χ2v) is 4.68. The van der Waals surface area contributed by atoms with E-state index in [4.69, 9.17) is 5.73 Å². The maximum absolute atomic E-state index is 12.9. The predicted octanol–water partition coefficient (Wildman–Crippen LogP) is 2.13. The van der Waals surface area contributed by atoms with Gasteiger partial charge in [-0.2, -0.15) is 0 Å². The Hall–Kier alpha value is -1.22. The molecule has 0 radical (unpaired) electrons. The summed E-state index contributed by atoms with van der Waals surface area (Å²) in [5.41, 5.74) is 7.03. The molecule has 0 atom stereocenters. The van der Waals surface area contributed by atoms with Crippen LogP contribution in [0.3, 0.4) is 0 Å². The van der Waals surface area contributed by atoms with E-state index in [9.17, 15) is 9.18 Å². The number of hydrogen-bond acceptors (Lipinski definition) is 2. The number of hydrogen-bond donors (Lipinski definition) is 1. The van der Waals surface area contributed by atoms with Crippen molar-refractivity contribution in [1.29, 1.82) is 0 Å². The molecule has 0 saturated heterocycles. The van der Waals surface area contributed by atoms with E-state index in [1.807, 2.05) is 6.92 Å². The molecule has 86 valence electrons.